The summed E-state index contributed by atoms with van der Waals surface area (Å²) in [4.78, 5) is 0. The van der Waals surface area contributed by atoms with Crippen molar-refractivity contribution in [1.82, 2.24) is 0 Å². The maximum absolute atomic E-state index is 11.1. The number of ether oxygens (including phenoxy) is 1. The molecule has 1 aliphatic rings. The van der Waals surface area contributed by atoms with Gasteiger partial charge in [-0.25, -0.2) is 0 Å². The van der Waals surface area contributed by atoms with E-state index in [0.717, 1.165) is 12.0 Å². The first kappa shape index (κ1) is 24.5. The van der Waals surface area contributed by atoms with E-state index in [1.807, 2.05) is 43.4 Å². The zero-order chi connectivity index (χ0) is 21.4. The SMILES string of the molecule is C[SiH](C)OC(O)[C@@H](O)[C@H](OCc1ccccc1)[C@H](CC1CCCCC1)C(C)(C)C. The molecule has 1 fully saturated rings. The summed E-state index contributed by atoms with van der Waals surface area (Å²) in [5, 5.41) is 21.6. The van der Waals surface area contributed by atoms with Gasteiger partial charge in [0, 0.05) is 0 Å². The fraction of sp³-hybridized carbons (Fsp3) is 0.750. The number of benzene rings is 1. The average Bonchev–Trinajstić information content (AvgIpc) is 2.67. The molecule has 1 aliphatic carbocycles. The molecule has 0 aliphatic heterocycles. The summed E-state index contributed by atoms with van der Waals surface area (Å²) in [6.45, 7) is 11.1. The Morgan fingerprint density at radius 1 is 1.03 bits per heavy atom. The molecule has 0 amide bonds. The third kappa shape index (κ3) is 8.14. The lowest BCUT2D eigenvalue weighted by Crippen LogP contribution is -2.49. The Hall–Kier alpha value is -0.723. The molecule has 4 nitrogen and oxygen atoms in total. The van der Waals surface area contributed by atoms with Crippen molar-refractivity contribution in [1.29, 1.82) is 0 Å². The molecule has 0 heterocycles. The van der Waals surface area contributed by atoms with Crippen molar-refractivity contribution < 1.29 is 19.4 Å². The van der Waals surface area contributed by atoms with Gasteiger partial charge in [0.05, 0.1) is 12.7 Å². The largest absolute Gasteiger partial charge is 0.394 e. The van der Waals surface area contributed by atoms with E-state index in [-0.39, 0.29) is 11.3 Å². The number of rotatable bonds is 10. The van der Waals surface area contributed by atoms with Gasteiger partial charge in [-0.05, 0) is 42.3 Å². The van der Waals surface area contributed by atoms with Crippen molar-refractivity contribution in [3.8, 4) is 0 Å². The van der Waals surface area contributed by atoms with E-state index in [1.165, 1.54) is 32.1 Å². The monoisotopic (exact) mass is 422 g/mol. The molecule has 1 aromatic carbocycles. The van der Waals surface area contributed by atoms with Crippen molar-refractivity contribution in [3.05, 3.63) is 35.9 Å². The molecule has 0 radical (unpaired) electrons. The van der Waals surface area contributed by atoms with Crippen molar-refractivity contribution in [3.63, 3.8) is 0 Å². The maximum atomic E-state index is 11.1. The van der Waals surface area contributed by atoms with Crippen LogP contribution in [0.4, 0.5) is 0 Å². The molecule has 2 N–H and O–H groups in total. The van der Waals surface area contributed by atoms with Crippen molar-refractivity contribution >= 4 is 9.04 Å². The van der Waals surface area contributed by atoms with Crippen LogP contribution in [0.1, 0.15) is 64.9 Å². The minimum atomic E-state index is -1.48. The lowest BCUT2D eigenvalue weighted by atomic mass is 9.69. The molecule has 1 unspecified atom stereocenters. The predicted octanol–water partition coefficient (Wildman–Crippen LogP) is 4.88. The fourth-order valence-electron chi connectivity index (χ4n) is 4.50. The summed E-state index contributed by atoms with van der Waals surface area (Å²) in [7, 11) is -1.48. The van der Waals surface area contributed by atoms with Crippen LogP contribution in [0.25, 0.3) is 0 Å². The second-order valence-corrected chi connectivity index (χ2v) is 12.4. The number of hydrogen-bond acceptors (Lipinski definition) is 4. The van der Waals surface area contributed by atoms with Gasteiger partial charge < -0.3 is 19.4 Å². The summed E-state index contributed by atoms with van der Waals surface area (Å²) in [6, 6.07) is 10.0. The summed E-state index contributed by atoms with van der Waals surface area (Å²) >= 11 is 0. The van der Waals surface area contributed by atoms with E-state index in [1.54, 1.807) is 0 Å². The Labute approximate surface area is 179 Å². The van der Waals surface area contributed by atoms with Gasteiger partial charge >= 0.3 is 0 Å². The molecule has 166 valence electrons. The zero-order valence-corrected chi connectivity index (χ0v) is 20.2. The number of hydrogen-bond donors (Lipinski definition) is 2. The van der Waals surface area contributed by atoms with Gasteiger partial charge in [-0.1, -0.05) is 83.2 Å². The zero-order valence-electron chi connectivity index (χ0n) is 19.0. The Balaban J connectivity index is 2.21. The molecule has 0 spiro atoms. The highest BCUT2D eigenvalue weighted by Gasteiger charge is 2.41. The summed E-state index contributed by atoms with van der Waals surface area (Å²) in [6.07, 6.45) is 4.73. The van der Waals surface area contributed by atoms with Gasteiger partial charge in [0.15, 0.2) is 15.3 Å². The van der Waals surface area contributed by atoms with Crippen LogP contribution in [-0.4, -0.2) is 37.8 Å². The molecule has 0 bridgehead atoms. The van der Waals surface area contributed by atoms with Gasteiger partial charge in [0.25, 0.3) is 0 Å². The van der Waals surface area contributed by atoms with Crippen LogP contribution in [0.2, 0.25) is 13.1 Å². The molecular formula is C24H42O4Si. The highest BCUT2D eigenvalue weighted by molar-refractivity contribution is 6.48. The van der Waals surface area contributed by atoms with Crippen LogP contribution in [0.15, 0.2) is 30.3 Å². The average molecular weight is 423 g/mol. The first-order chi connectivity index (χ1) is 13.7. The second kappa shape index (κ2) is 11.6. The van der Waals surface area contributed by atoms with Crippen LogP contribution in [0.3, 0.4) is 0 Å². The molecule has 29 heavy (non-hydrogen) atoms. The van der Waals surface area contributed by atoms with Gasteiger partial charge in [-0.15, -0.1) is 0 Å². The molecule has 4 atom stereocenters. The first-order valence-electron chi connectivity index (χ1n) is 11.4. The normalized spacial score (nSPS) is 20.4. The van der Waals surface area contributed by atoms with Crippen LogP contribution < -0.4 is 0 Å². The highest BCUT2D eigenvalue weighted by atomic mass is 28.3. The Morgan fingerprint density at radius 3 is 2.21 bits per heavy atom. The summed E-state index contributed by atoms with van der Waals surface area (Å²) in [5.41, 5.74) is 1.03. The molecule has 5 heteroatoms. The Bertz CT molecular complexity index is 566. The lowest BCUT2D eigenvalue weighted by molar-refractivity contribution is -0.187. The van der Waals surface area contributed by atoms with Crippen LogP contribution in [0, 0.1) is 17.3 Å². The summed E-state index contributed by atoms with van der Waals surface area (Å²) in [5.74, 6) is 0.803. The minimum absolute atomic E-state index is 0.0469. The van der Waals surface area contributed by atoms with E-state index in [4.69, 9.17) is 9.16 Å². The molecule has 0 aromatic heterocycles. The van der Waals surface area contributed by atoms with E-state index < -0.39 is 27.5 Å². The highest BCUT2D eigenvalue weighted by Crippen LogP contribution is 2.41. The fourth-order valence-corrected chi connectivity index (χ4v) is 5.22. The van der Waals surface area contributed by atoms with Gasteiger partial charge in [-0.2, -0.15) is 0 Å². The Morgan fingerprint density at radius 2 is 1.66 bits per heavy atom. The van der Waals surface area contributed by atoms with Crippen LogP contribution in [-0.2, 0) is 15.8 Å². The van der Waals surface area contributed by atoms with E-state index in [9.17, 15) is 10.2 Å². The van der Waals surface area contributed by atoms with Crippen molar-refractivity contribution in [2.45, 2.75) is 97.5 Å². The van der Waals surface area contributed by atoms with E-state index in [0.29, 0.717) is 12.5 Å². The van der Waals surface area contributed by atoms with Crippen LogP contribution >= 0.6 is 0 Å². The third-order valence-corrected chi connectivity index (χ3v) is 6.97. The number of aliphatic hydroxyl groups is 2. The third-order valence-electron chi connectivity index (χ3n) is 6.15. The number of aliphatic hydroxyl groups excluding tert-OH is 2. The summed E-state index contributed by atoms with van der Waals surface area (Å²) < 4.78 is 12.0. The minimum Gasteiger partial charge on any atom is -0.394 e. The topological polar surface area (TPSA) is 58.9 Å². The standard InChI is InChI=1S/C24H42O4Si/c1-24(2,3)20(16-18-12-8-6-9-13-18)22(21(25)23(26)28-29(4)5)27-17-19-14-10-7-11-15-19/h7,10-11,14-15,18,20-23,25-26,29H,6,8-9,12-13,16-17H2,1-5H3/t20-,21-,22+,23?/m0/s1. The molecule has 2 rings (SSSR count). The van der Waals surface area contributed by atoms with E-state index >= 15 is 0 Å². The maximum Gasteiger partial charge on any atom is 0.174 e. The lowest BCUT2D eigenvalue weighted by Gasteiger charge is -2.42. The quantitative estimate of drug-likeness (QED) is 0.417. The first-order valence-corrected chi connectivity index (χ1v) is 14.1. The van der Waals surface area contributed by atoms with Crippen LogP contribution in [0.5, 0.6) is 0 Å². The van der Waals surface area contributed by atoms with Crippen molar-refractivity contribution in [2.75, 3.05) is 0 Å². The Kier molecular flexibility index (Phi) is 9.83. The second-order valence-electron chi connectivity index (χ2n) is 10.0. The molecular weight excluding hydrogens is 380 g/mol. The predicted molar refractivity (Wildman–Crippen MR) is 121 cm³/mol. The van der Waals surface area contributed by atoms with E-state index in [2.05, 4.69) is 20.8 Å². The van der Waals surface area contributed by atoms with Gasteiger partial charge in [0.2, 0.25) is 0 Å². The van der Waals surface area contributed by atoms with Gasteiger partial charge in [-0.3, -0.25) is 0 Å². The molecule has 0 saturated heterocycles. The van der Waals surface area contributed by atoms with Gasteiger partial charge in [0.1, 0.15) is 6.10 Å². The molecule has 1 aromatic rings. The molecule has 1 saturated carbocycles. The smallest absolute Gasteiger partial charge is 0.174 e. The van der Waals surface area contributed by atoms with Crippen molar-refractivity contribution in [2.24, 2.45) is 17.3 Å².